The molecule has 8 heavy (non-hydrogen) atoms. The largest absolute Gasteiger partial charge is 0.389 e. The second-order valence-electron chi connectivity index (χ2n) is 1.67. The van der Waals surface area contributed by atoms with Crippen LogP contribution in [0.1, 0.15) is 0 Å². The van der Waals surface area contributed by atoms with Gasteiger partial charge in [0.05, 0.1) is 6.10 Å². The van der Waals surface area contributed by atoms with Gasteiger partial charge in [-0.05, 0) is 12.2 Å². The Balaban J connectivity index is 2.62. The van der Waals surface area contributed by atoms with Crippen LogP contribution in [-0.4, -0.2) is 22.4 Å². The molecule has 0 saturated carbocycles. The van der Waals surface area contributed by atoms with E-state index >= 15 is 0 Å². The molecule has 0 amide bonds. The summed E-state index contributed by atoms with van der Waals surface area (Å²) in [4.78, 5) is 0. The third-order valence-corrected chi connectivity index (χ3v) is 1.01. The molecule has 0 aromatic carbocycles. The first-order valence-corrected chi connectivity index (χ1v) is 2.43. The van der Waals surface area contributed by atoms with Crippen molar-refractivity contribution in [2.45, 2.75) is 12.2 Å². The monoisotopic (exact) mass is 111 g/mol. The van der Waals surface area contributed by atoms with E-state index in [9.17, 15) is 0 Å². The highest BCUT2D eigenvalue weighted by Crippen LogP contribution is 2.03. The molecule has 0 bridgehead atoms. The fourth-order valence-electron chi connectivity index (χ4n) is 0.521. The fraction of sp³-hybridized carbons (Fsp3) is 0.333. The van der Waals surface area contributed by atoms with E-state index in [1.165, 1.54) is 12.5 Å². The first-order chi connectivity index (χ1) is 3.80. The second-order valence-corrected chi connectivity index (χ2v) is 1.67. The van der Waals surface area contributed by atoms with E-state index in [0.29, 0.717) is 0 Å². The third-order valence-electron chi connectivity index (χ3n) is 1.01. The van der Waals surface area contributed by atoms with Crippen molar-refractivity contribution >= 4 is 0 Å². The van der Waals surface area contributed by atoms with Gasteiger partial charge in [-0.1, -0.05) is 0 Å². The maximum atomic E-state index is 8.77. The lowest BCUT2D eigenvalue weighted by molar-refractivity contribution is 0.0717. The lowest BCUT2D eigenvalue weighted by Crippen LogP contribution is -2.24. The Kier molecular flexibility index (Phi) is 1.49. The van der Waals surface area contributed by atoms with Crippen molar-refractivity contribution in [1.82, 2.24) is 0 Å². The minimum atomic E-state index is -0.764. The number of hydrogen-bond donors (Lipinski definition) is 2. The Morgan fingerprint density at radius 3 is 2.38 bits per heavy atom. The molecule has 0 aromatic heterocycles. The Bertz CT molecular complexity index is 133. The van der Waals surface area contributed by atoms with E-state index in [1.807, 2.05) is 0 Å². The standard InChI is InChI=1S/C6H7O2/c7-5-3-1-2-4-6(5)8/h1,3-8H. The van der Waals surface area contributed by atoms with Crippen molar-refractivity contribution < 1.29 is 10.2 Å². The van der Waals surface area contributed by atoms with Crippen LogP contribution in [0.25, 0.3) is 0 Å². The Morgan fingerprint density at radius 2 is 2.00 bits per heavy atom. The Labute approximate surface area is 47.8 Å². The predicted molar refractivity (Wildman–Crippen MR) is 29.0 cm³/mol. The molecule has 0 heterocycles. The van der Waals surface area contributed by atoms with Gasteiger partial charge in [-0.15, -0.1) is 5.73 Å². The maximum absolute atomic E-state index is 8.77. The van der Waals surface area contributed by atoms with Crippen LogP contribution >= 0.6 is 0 Å². The van der Waals surface area contributed by atoms with Crippen molar-refractivity contribution in [2.75, 3.05) is 0 Å². The van der Waals surface area contributed by atoms with Crippen molar-refractivity contribution in [2.24, 2.45) is 0 Å². The molecule has 2 atom stereocenters. The highest BCUT2D eigenvalue weighted by Gasteiger charge is 2.12. The number of aliphatic hydroxyl groups excluding tert-OH is 2. The lowest BCUT2D eigenvalue weighted by atomic mass is 10.1. The van der Waals surface area contributed by atoms with Crippen molar-refractivity contribution in [1.29, 1.82) is 0 Å². The Morgan fingerprint density at radius 1 is 1.25 bits per heavy atom. The van der Waals surface area contributed by atoms with Gasteiger partial charge >= 0.3 is 0 Å². The van der Waals surface area contributed by atoms with Gasteiger partial charge < -0.3 is 10.2 Å². The molecule has 0 spiro atoms. The van der Waals surface area contributed by atoms with Crippen LogP contribution in [0.4, 0.5) is 0 Å². The highest BCUT2D eigenvalue weighted by molar-refractivity contribution is 5.10. The molecule has 2 heteroatoms. The topological polar surface area (TPSA) is 40.5 Å². The summed E-state index contributed by atoms with van der Waals surface area (Å²) < 4.78 is 0. The van der Waals surface area contributed by atoms with Gasteiger partial charge in [-0.25, -0.2) is 0 Å². The van der Waals surface area contributed by atoms with Gasteiger partial charge in [-0.3, -0.25) is 0 Å². The maximum Gasteiger partial charge on any atom is 0.106 e. The molecule has 2 unspecified atom stereocenters. The zero-order valence-corrected chi connectivity index (χ0v) is 4.28. The smallest absolute Gasteiger partial charge is 0.106 e. The van der Waals surface area contributed by atoms with E-state index < -0.39 is 12.2 Å². The van der Waals surface area contributed by atoms with E-state index in [2.05, 4.69) is 5.73 Å². The van der Waals surface area contributed by atoms with Crippen LogP contribution in [0, 0.1) is 6.42 Å². The average Bonchev–Trinajstić information content (AvgIpc) is 1.77. The summed E-state index contributed by atoms with van der Waals surface area (Å²) in [5, 5.41) is 17.5. The second kappa shape index (κ2) is 2.14. The molecule has 0 aromatic rings. The molecule has 2 nitrogen and oxygen atoms in total. The number of aliphatic hydroxyl groups is 2. The summed E-state index contributed by atoms with van der Waals surface area (Å²) in [7, 11) is 0. The summed E-state index contributed by atoms with van der Waals surface area (Å²) in [5.74, 6) is 0. The molecule has 0 aliphatic heterocycles. The van der Waals surface area contributed by atoms with Crippen LogP contribution in [0.3, 0.4) is 0 Å². The summed E-state index contributed by atoms with van der Waals surface area (Å²) in [6.45, 7) is 0. The van der Waals surface area contributed by atoms with E-state index in [-0.39, 0.29) is 0 Å². The minimum absolute atomic E-state index is 0.740. The SMILES string of the molecule is OC1[CH]C=C=CC1O. The molecule has 1 radical (unpaired) electrons. The van der Waals surface area contributed by atoms with Crippen molar-refractivity contribution in [3.8, 4) is 0 Å². The van der Waals surface area contributed by atoms with Crippen LogP contribution < -0.4 is 0 Å². The molecule has 43 valence electrons. The van der Waals surface area contributed by atoms with Gasteiger partial charge in [0.2, 0.25) is 0 Å². The van der Waals surface area contributed by atoms with Gasteiger partial charge in [-0.2, -0.15) is 0 Å². The summed E-state index contributed by atoms with van der Waals surface area (Å²) in [6, 6.07) is 0. The molecular formula is C6H7O2. The van der Waals surface area contributed by atoms with Crippen LogP contribution in [0.2, 0.25) is 0 Å². The highest BCUT2D eigenvalue weighted by atomic mass is 16.3. The van der Waals surface area contributed by atoms with Crippen LogP contribution in [0.5, 0.6) is 0 Å². The molecule has 0 fully saturated rings. The van der Waals surface area contributed by atoms with Crippen molar-refractivity contribution in [3.05, 3.63) is 24.3 Å². The van der Waals surface area contributed by atoms with Crippen LogP contribution in [0.15, 0.2) is 17.9 Å². The van der Waals surface area contributed by atoms with E-state index in [1.54, 1.807) is 6.08 Å². The van der Waals surface area contributed by atoms with E-state index in [4.69, 9.17) is 10.2 Å². The quantitative estimate of drug-likeness (QED) is 0.419. The zero-order chi connectivity index (χ0) is 5.98. The Hall–Kier alpha value is -0.560. The molecule has 2 N–H and O–H groups in total. The molecule has 1 aliphatic carbocycles. The zero-order valence-electron chi connectivity index (χ0n) is 4.28. The van der Waals surface area contributed by atoms with Gasteiger partial charge in [0.25, 0.3) is 0 Å². The summed E-state index contributed by atoms with van der Waals surface area (Å²) in [5.41, 5.74) is 2.65. The molecule has 1 rings (SSSR count). The van der Waals surface area contributed by atoms with Gasteiger partial charge in [0.1, 0.15) is 6.10 Å². The molecular weight excluding hydrogens is 104 g/mol. The predicted octanol–water partition coefficient (Wildman–Crippen LogP) is -0.363. The number of hydrogen-bond acceptors (Lipinski definition) is 2. The molecule has 0 saturated heterocycles. The van der Waals surface area contributed by atoms with Gasteiger partial charge in [0.15, 0.2) is 0 Å². The first kappa shape index (κ1) is 5.57. The average molecular weight is 111 g/mol. The normalized spacial score (nSPS) is 35.8. The van der Waals surface area contributed by atoms with Crippen LogP contribution in [-0.2, 0) is 0 Å². The summed E-state index contributed by atoms with van der Waals surface area (Å²) >= 11 is 0. The fourth-order valence-corrected chi connectivity index (χ4v) is 0.521. The molecule has 1 aliphatic rings. The third kappa shape index (κ3) is 0.984. The first-order valence-electron chi connectivity index (χ1n) is 2.43. The van der Waals surface area contributed by atoms with E-state index in [0.717, 1.165) is 0 Å². The van der Waals surface area contributed by atoms with Crippen molar-refractivity contribution in [3.63, 3.8) is 0 Å². The summed E-state index contributed by atoms with van der Waals surface area (Å²) in [6.07, 6.45) is 2.99. The number of rotatable bonds is 0. The lowest BCUT2D eigenvalue weighted by Gasteiger charge is -2.12. The minimum Gasteiger partial charge on any atom is -0.389 e. The van der Waals surface area contributed by atoms with Gasteiger partial charge in [0, 0.05) is 6.42 Å².